The number of hydrogen-bond donors (Lipinski definition) is 2. The molecule has 0 spiro atoms. The summed E-state index contributed by atoms with van der Waals surface area (Å²) in [4.78, 5) is 43.4. The number of rotatable bonds is 8. The Morgan fingerprint density at radius 1 is 1.00 bits per heavy atom. The van der Waals surface area contributed by atoms with Crippen LogP contribution >= 0.6 is 0 Å². The minimum atomic E-state index is -1.54. The van der Waals surface area contributed by atoms with Crippen molar-refractivity contribution in [2.45, 2.75) is 77.0 Å². The number of amides is 3. The highest BCUT2D eigenvalue weighted by molar-refractivity contribution is 6.21. The Hall–Kier alpha value is -3.81. The smallest absolute Gasteiger partial charge is 0.261 e. The third-order valence-electron chi connectivity index (χ3n) is 7.69. The summed E-state index contributed by atoms with van der Waals surface area (Å²) >= 11 is 0. The molecule has 3 aromatic rings. The van der Waals surface area contributed by atoms with Gasteiger partial charge in [0, 0.05) is 36.1 Å². The minimum absolute atomic E-state index is 0.0616. The number of hydrogen-bond acceptors (Lipinski definition) is 5. The van der Waals surface area contributed by atoms with Crippen LogP contribution < -0.4 is 10.6 Å². The molecule has 204 valence electrons. The molecule has 0 radical (unpaired) electrons. The number of pyridine rings is 1. The van der Waals surface area contributed by atoms with E-state index < -0.39 is 5.67 Å². The van der Waals surface area contributed by atoms with Crippen LogP contribution in [0.5, 0.6) is 0 Å². The topological polar surface area (TPSA) is 91.4 Å². The van der Waals surface area contributed by atoms with Gasteiger partial charge in [-0.05, 0) is 83.2 Å². The molecule has 39 heavy (non-hydrogen) atoms. The molecule has 1 fully saturated rings. The molecule has 2 heterocycles. The maximum atomic E-state index is 14.8. The molecule has 1 aliphatic carbocycles. The van der Waals surface area contributed by atoms with Crippen LogP contribution in [-0.4, -0.2) is 46.2 Å². The number of anilines is 1. The lowest BCUT2D eigenvalue weighted by atomic mass is 9.90. The quantitative estimate of drug-likeness (QED) is 0.367. The Morgan fingerprint density at radius 2 is 1.64 bits per heavy atom. The van der Waals surface area contributed by atoms with E-state index in [4.69, 9.17) is 0 Å². The van der Waals surface area contributed by atoms with Crippen LogP contribution in [-0.2, 0) is 10.5 Å². The Morgan fingerprint density at radius 3 is 2.28 bits per heavy atom. The standard InChI is InChI=1S/C31H35FN4O3/c1-19-10-15-25-24(17-19)26(18-27(35-25)31(2,3)32)33-20-11-13-21(14-12-20)34-28(37)9-6-16-36-29(38)22-7-4-5-8-23(22)30(36)39/h4-5,7-8,10,15,17-18,20-21H,6,9,11-14,16H2,1-3H3,(H,33,35)(H,34,37). The largest absolute Gasteiger partial charge is 0.382 e. The van der Waals surface area contributed by atoms with Crippen LogP contribution in [0.2, 0.25) is 0 Å². The van der Waals surface area contributed by atoms with Crippen LogP contribution in [0.1, 0.15) is 84.3 Å². The lowest BCUT2D eigenvalue weighted by Gasteiger charge is -2.31. The average Bonchev–Trinajstić information content (AvgIpc) is 3.14. The van der Waals surface area contributed by atoms with Crippen molar-refractivity contribution in [2.75, 3.05) is 11.9 Å². The number of aromatic nitrogens is 1. The van der Waals surface area contributed by atoms with Gasteiger partial charge in [-0.15, -0.1) is 0 Å². The summed E-state index contributed by atoms with van der Waals surface area (Å²) in [7, 11) is 0. The van der Waals surface area contributed by atoms with Gasteiger partial charge in [-0.3, -0.25) is 19.3 Å². The second-order valence-corrected chi connectivity index (χ2v) is 11.2. The summed E-state index contributed by atoms with van der Waals surface area (Å²) in [5, 5.41) is 7.73. The van der Waals surface area contributed by atoms with Gasteiger partial charge in [0.1, 0.15) is 5.67 Å². The molecule has 7 nitrogen and oxygen atoms in total. The first kappa shape index (κ1) is 26.8. The van der Waals surface area contributed by atoms with Gasteiger partial charge in [0.15, 0.2) is 0 Å². The SMILES string of the molecule is Cc1ccc2nc(C(C)(C)F)cc(NC3CCC(NC(=O)CCCN4C(=O)c5ccccc5C4=O)CC3)c2c1. The van der Waals surface area contributed by atoms with E-state index in [0.29, 0.717) is 23.2 Å². The molecular formula is C31H35FN4O3. The second-order valence-electron chi connectivity index (χ2n) is 11.2. The lowest BCUT2D eigenvalue weighted by molar-refractivity contribution is -0.122. The van der Waals surface area contributed by atoms with E-state index >= 15 is 0 Å². The third-order valence-corrected chi connectivity index (χ3v) is 7.69. The first-order valence-electron chi connectivity index (χ1n) is 13.7. The fourth-order valence-corrected chi connectivity index (χ4v) is 5.51. The van der Waals surface area contributed by atoms with E-state index in [1.54, 1.807) is 24.3 Å². The number of benzene rings is 2. The van der Waals surface area contributed by atoms with Crippen LogP contribution in [0.15, 0.2) is 48.5 Å². The average molecular weight is 531 g/mol. The number of imide groups is 1. The summed E-state index contributed by atoms with van der Waals surface area (Å²) in [6.07, 6.45) is 4.12. The predicted octanol–water partition coefficient (Wildman–Crippen LogP) is 5.66. The van der Waals surface area contributed by atoms with Gasteiger partial charge in [-0.1, -0.05) is 23.8 Å². The zero-order valence-corrected chi connectivity index (χ0v) is 22.7. The first-order valence-corrected chi connectivity index (χ1v) is 13.7. The number of aryl methyl sites for hydroxylation is 1. The summed E-state index contributed by atoms with van der Waals surface area (Å²) in [5.41, 5.74) is 2.50. The van der Waals surface area contributed by atoms with E-state index in [1.807, 2.05) is 25.1 Å². The number of carbonyl (C=O) groups excluding carboxylic acids is 3. The van der Waals surface area contributed by atoms with E-state index in [1.165, 1.54) is 18.7 Å². The number of alkyl halides is 1. The van der Waals surface area contributed by atoms with Crippen molar-refractivity contribution >= 4 is 34.3 Å². The number of nitrogens with zero attached hydrogens (tertiary/aromatic N) is 2. The Labute approximate surface area is 228 Å². The fourth-order valence-electron chi connectivity index (χ4n) is 5.51. The maximum absolute atomic E-state index is 14.8. The summed E-state index contributed by atoms with van der Waals surface area (Å²) in [6, 6.07) is 14.9. The van der Waals surface area contributed by atoms with E-state index in [-0.39, 0.29) is 42.8 Å². The molecule has 0 bridgehead atoms. The molecule has 0 unspecified atom stereocenters. The van der Waals surface area contributed by atoms with Crippen molar-refractivity contribution < 1.29 is 18.8 Å². The molecular weight excluding hydrogens is 495 g/mol. The van der Waals surface area contributed by atoms with Gasteiger partial charge in [0.25, 0.3) is 11.8 Å². The Bertz CT molecular complexity index is 1390. The van der Waals surface area contributed by atoms with Crippen molar-refractivity contribution in [3.8, 4) is 0 Å². The highest BCUT2D eigenvalue weighted by Gasteiger charge is 2.34. The van der Waals surface area contributed by atoms with Crippen molar-refractivity contribution in [3.63, 3.8) is 0 Å². The minimum Gasteiger partial charge on any atom is -0.382 e. The van der Waals surface area contributed by atoms with E-state index in [2.05, 4.69) is 21.7 Å². The molecule has 1 aliphatic heterocycles. The molecule has 3 amide bonds. The van der Waals surface area contributed by atoms with Gasteiger partial charge < -0.3 is 10.6 Å². The number of carbonyl (C=O) groups is 3. The van der Waals surface area contributed by atoms with Crippen LogP contribution in [0.25, 0.3) is 10.9 Å². The monoisotopic (exact) mass is 530 g/mol. The Balaban J connectivity index is 1.12. The van der Waals surface area contributed by atoms with Crippen LogP contribution in [0.3, 0.4) is 0 Å². The molecule has 5 rings (SSSR count). The van der Waals surface area contributed by atoms with Crippen LogP contribution in [0.4, 0.5) is 10.1 Å². The molecule has 1 saturated carbocycles. The van der Waals surface area contributed by atoms with Crippen molar-refractivity contribution in [1.82, 2.24) is 15.2 Å². The number of fused-ring (bicyclic) bond motifs is 2. The number of halogens is 1. The zero-order valence-electron chi connectivity index (χ0n) is 22.7. The summed E-state index contributed by atoms with van der Waals surface area (Å²) in [5.74, 6) is -0.643. The van der Waals surface area contributed by atoms with Gasteiger partial charge in [-0.2, -0.15) is 0 Å². The normalized spacial score (nSPS) is 19.3. The predicted molar refractivity (Wildman–Crippen MR) is 149 cm³/mol. The zero-order chi connectivity index (χ0) is 27.7. The lowest BCUT2D eigenvalue weighted by Crippen LogP contribution is -2.40. The Kier molecular flexibility index (Phi) is 7.38. The van der Waals surface area contributed by atoms with Crippen molar-refractivity contribution in [3.05, 3.63) is 70.9 Å². The molecule has 2 aromatic carbocycles. The molecule has 8 heteroatoms. The van der Waals surface area contributed by atoms with E-state index in [0.717, 1.165) is 47.8 Å². The molecule has 0 atom stereocenters. The molecule has 2 N–H and O–H groups in total. The second kappa shape index (κ2) is 10.8. The summed E-state index contributed by atoms with van der Waals surface area (Å²) < 4.78 is 14.8. The highest BCUT2D eigenvalue weighted by atomic mass is 19.1. The maximum Gasteiger partial charge on any atom is 0.261 e. The van der Waals surface area contributed by atoms with Crippen molar-refractivity contribution in [1.29, 1.82) is 0 Å². The van der Waals surface area contributed by atoms with Gasteiger partial charge in [0.2, 0.25) is 5.91 Å². The number of nitrogens with one attached hydrogen (secondary N) is 2. The van der Waals surface area contributed by atoms with Gasteiger partial charge >= 0.3 is 0 Å². The highest BCUT2D eigenvalue weighted by Crippen LogP contribution is 2.33. The van der Waals surface area contributed by atoms with Gasteiger partial charge in [-0.25, -0.2) is 9.37 Å². The van der Waals surface area contributed by atoms with Gasteiger partial charge in [0.05, 0.1) is 22.3 Å². The van der Waals surface area contributed by atoms with Crippen molar-refractivity contribution in [2.24, 2.45) is 0 Å². The van der Waals surface area contributed by atoms with E-state index in [9.17, 15) is 18.8 Å². The third kappa shape index (κ3) is 5.79. The molecule has 1 aromatic heterocycles. The first-order chi connectivity index (χ1) is 18.6. The summed E-state index contributed by atoms with van der Waals surface area (Å²) in [6.45, 7) is 5.30. The molecule has 0 saturated heterocycles. The fraction of sp³-hybridized carbons (Fsp3) is 0.419. The van der Waals surface area contributed by atoms with Crippen LogP contribution in [0, 0.1) is 6.92 Å². The molecule has 2 aliphatic rings.